The first-order valence-electron chi connectivity index (χ1n) is 8.38. The van der Waals surface area contributed by atoms with Crippen LogP contribution in [0.3, 0.4) is 0 Å². The molecule has 3 rings (SSSR count). The Morgan fingerprint density at radius 2 is 2.00 bits per heavy atom. The van der Waals surface area contributed by atoms with Crippen LogP contribution in [0.2, 0.25) is 0 Å². The van der Waals surface area contributed by atoms with Crippen LogP contribution in [0.5, 0.6) is 5.75 Å². The summed E-state index contributed by atoms with van der Waals surface area (Å²) in [6.07, 6.45) is 2.73. The van der Waals surface area contributed by atoms with Gasteiger partial charge in [-0.15, -0.1) is 0 Å². The molecule has 1 aromatic heterocycles. The molecule has 1 aromatic carbocycles. The smallest absolute Gasteiger partial charge is 0.224 e. The molecule has 0 radical (unpaired) electrons. The van der Waals surface area contributed by atoms with E-state index in [2.05, 4.69) is 44.3 Å². The Labute approximate surface area is 143 Å². The number of aromatic nitrogens is 2. The van der Waals surface area contributed by atoms with E-state index in [1.54, 1.807) is 7.11 Å². The van der Waals surface area contributed by atoms with E-state index in [-0.39, 0.29) is 0 Å². The lowest BCUT2D eigenvalue weighted by Crippen LogP contribution is -2.44. The highest BCUT2D eigenvalue weighted by Gasteiger charge is 2.15. The van der Waals surface area contributed by atoms with Crippen molar-refractivity contribution >= 4 is 11.8 Å². The third kappa shape index (κ3) is 4.35. The lowest BCUT2D eigenvalue weighted by atomic mass is 10.1. The third-order valence-corrected chi connectivity index (χ3v) is 4.30. The van der Waals surface area contributed by atoms with Crippen molar-refractivity contribution in [2.45, 2.75) is 6.42 Å². The Balaban J connectivity index is 1.54. The summed E-state index contributed by atoms with van der Waals surface area (Å²) in [6, 6.07) is 10.1. The van der Waals surface area contributed by atoms with Crippen molar-refractivity contribution in [1.82, 2.24) is 14.9 Å². The number of hydrogen-bond donors (Lipinski definition) is 1. The molecule has 0 amide bonds. The van der Waals surface area contributed by atoms with Gasteiger partial charge in [0.1, 0.15) is 11.6 Å². The fourth-order valence-corrected chi connectivity index (χ4v) is 2.79. The number of anilines is 2. The SMILES string of the molecule is COc1cccc(CCNc2nccc(N3CCN(C)CC3)n2)c1. The molecule has 2 aromatic rings. The normalized spacial score (nSPS) is 15.3. The highest BCUT2D eigenvalue weighted by molar-refractivity contribution is 5.43. The van der Waals surface area contributed by atoms with Gasteiger partial charge in [0.15, 0.2) is 0 Å². The van der Waals surface area contributed by atoms with Crippen molar-refractivity contribution in [3.8, 4) is 5.75 Å². The minimum atomic E-state index is 0.689. The van der Waals surface area contributed by atoms with Crippen LogP contribution < -0.4 is 15.0 Å². The van der Waals surface area contributed by atoms with E-state index >= 15 is 0 Å². The summed E-state index contributed by atoms with van der Waals surface area (Å²) in [4.78, 5) is 13.6. The molecule has 0 unspecified atom stereocenters. The summed E-state index contributed by atoms with van der Waals surface area (Å²) < 4.78 is 5.26. The Morgan fingerprint density at radius 3 is 2.79 bits per heavy atom. The molecule has 0 saturated carbocycles. The zero-order valence-electron chi connectivity index (χ0n) is 14.4. The molecule has 1 aliphatic rings. The van der Waals surface area contributed by atoms with Gasteiger partial charge in [0, 0.05) is 38.9 Å². The Hall–Kier alpha value is -2.34. The summed E-state index contributed by atoms with van der Waals surface area (Å²) >= 11 is 0. The van der Waals surface area contributed by atoms with E-state index in [9.17, 15) is 0 Å². The summed E-state index contributed by atoms with van der Waals surface area (Å²) in [6.45, 7) is 4.96. The maximum atomic E-state index is 5.26. The van der Waals surface area contributed by atoms with E-state index in [0.29, 0.717) is 5.95 Å². The lowest BCUT2D eigenvalue weighted by Gasteiger charge is -2.33. The van der Waals surface area contributed by atoms with Crippen LogP contribution in [0.25, 0.3) is 0 Å². The van der Waals surface area contributed by atoms with Crippen molar-refractivity contribution in [3.63, 3.8) is 0 Å². The third-order valence-electron chi connectivity index (χ3n) is 4.30. The minimum absolute atomic E-state index is 0.689. The van der Waals surface area contributed by atoms with Crippen LogP contribution >= 0.6 is 0 Å². The molecule has 0 bridgehead atoms. The zero-order chi connectivity index (χ0) is 16.8. The Morgan fingerprint density at radius 1 is 1.17 bits per heavy atom. The summed E-state index contributed by atoms with van der Waals surface area (Å²) in [7, 11) is 3.85. The maximum absolute atomic E-state index is 5.26. The highest BCUT2D eigenvalue weighted by atomic mass is 16.5. The number of nitrogens with one attached hydrogen (secondary N) is 1. The van der Waals surface area contributed by atoms with Crippen molar-refractivity contribution < 1.29 is 4.74 Å². The zero-order valence-corrected chi connectivity index (χ0v) is 14.4. The van der Waals surface area contributed by atoms with Gasteiger partial charge in [-0.25, -0.2) is 4.98 Å². The van der Waals surface area contributed by atoms with Gasteiger partial charge in [0.05, 0.1) is 7.11 Å². The number of likely N-dealkylation sites (N-methyl/N-ethyl adjacent to an activating group) is 1. The second kappa shape index (κ2) is 7.97. The summed E-state index contributed by atoms with van der Waals surface area (Å²) in [5.41, 5.74) is 1.23. The molecule has 0 aliphatic carbocycles. The molecule has 6 heteroatoms. The fourth-order valence-electron chi connectivity index (χ4n) is 2.79. The van der Waals surface area contributed by atoms with Gasteiger partial charge < -0.3 is 19.9 Å². The van der Waals surface area contributed by atoms with Crippen LogP contribution in [0.1, 0.15) is 5.56 Å². The van der Waals surface area contributed by atoms with E-state index in [0.717, 1.165) is 50.7 Å². The molecule has 6 nitrogen and oxygen atoms in total. The highest BCUT2D eigenvalue weighted by Crippen LogP contribution is 2.15. The van der Waals surface area contributed by atoms with Gasteiger partial charge in [-0.2, -0.15) is 4.98 Å². The number of benzene rings is 1. The van der Waals surface area contributed by atoms with Crippen molar-refractivity contribution in [2.75, 3.05) is 57.1 Å². The number of hydrogen-bond acceptors (Lipinski definition) is 6. The predicted molar refractivity (Wildman–Crippen MR) is 96.9 cm³/mol. The first kappa shape index (κ1) is 16.5. The molecule has 1 fully saturated rings. The predicted octanol–water partition coefficient (Wildman–Crippen LogP) is 1.89. The average molecular weight is 327 g/mol. The standard InChI is InChI=1S/C18H25N5O/c1-22-10-12-23(13-11-22)17-7-9-20-18(21-17)19-8-6-15-4-3-5-16(14-15)24-2/h3-5,7,9,14H,6,8,10-13H2,1-2H3,(H,19,20,21). The molecule has 1 aliphatic heterocycles. The number of rotatable bonds is 6. The molecule has 24 heavy (non-hydrogen) atoms. The van der Waals surface area contributed by atoms with Crippen LogP contribution in [0.4, 0.5) is 11.8 Å². The van der Waals surface area contributed by atoms with Crippen molar-refractivity contribution in [2.24, 2.45) is 0 Å². The van der Waals surface area contributed by atoms with E-state index in [1.807, 2.05) is 24.4 Å². The quantitative estimate of drug-likeness (QED) is 0.874. The minimum Gasteiger partial charge on any atom is -0.497 e. The van der Waals surface area contributed by atoms with Crippen LogP contribution in [0, 0.1) is 0 Å². The second-order valence-electron chi connectivity index (χ2n) is 6.06. The second-order valence-corrected chi connectivity index (χ2v) is 6.06. The molecule has 0 spiro atoms. The molecule has 1 N–H and O–H groups in total. The largest absolute Gasteiger partial charge is 0.497 e. The average Bonchev–Trinajstić information content (AvgIpc) is 2.63. The van der Waals surface area contributed by atoms with Gasteiger partial charge in [-0.1, -0.05) is 12.1 Å². The number of piperazine rings is 1. The van der Waals surface area contributed by atoms with Gasteiger partial charge >= 0.3 is 0 Å². The van der Waals surface area contributed by atoms with Crippen molar-refractivity contribution in [3.05, 3.63) is 42.1 Å². The van der Waals surface area contributed by atoms with Gasteiger partial charge in [-0.05, 0) is 37.2 Å². The van der Waals surface area contributed by atoms with Gasteiger partial charge in [-0.3, -0.25) is 0 Å². The van der Waals surface area contributed by atoms with Gasteiger partial charge in [0.2, 0.25) is 5.95 Å². The lowest BCUT2D eigenvalue weighted by molar-refractivity contribution is 0.312. The molecule has 128 valence electrons. The van der Waals surface area contributed by atoms with Gasteiger partial charge in [0.25, 0.3) is 0 Å². The maximum Gasteiger partial charge on any atom is 0.224 e. The summed E-state index contributed by atoms with van der Waals surface area (Å²) in [5, 5.41) is 3.32. The van der Waals surface area contributed by atoms with Crippen LogP contribution in [-0.4, -0.2) is 61.7 Å². The number of nitrogens with zero attached hydrogens (tertiary/aromatic N) is 4. The fraction of sp³-hybridized carbons (Fsp3) is 0.444. The number of ether oxygens (including phenoxy) is 1. The first-order chi connectivity index (χ1) is 11.7. The summed E-state index contributed by atoms with van der Waals surface area (Å²) in [5.74, 6) is 2.58. The van der Waals surface area contributed by atoms with E-state index in [4.69, 9.17) is 4.74 Å². The van der Waals surface area contributed by atoms with E-state index < -0.39 is 0 Å². The molecule has 1 saturated heterocycles. The first-order valence-corrected chi connectivity index (χ1v) is 8.38. The van der Waals surface area contributed by atoms with Crippen molar-refractivity contribution in [1.29, 1.82) is 0 Å². The monoisotopic (exact) mass is 327 g/mol. The number of methoxy groups -OCH3 is 1. The Kier molecular flexibility index (Phi) is 5.48. The molecule has 2 heterocycles. The van der Waals surface area contributed by atoms with Crippen LogP contribution in [-0.2, 0) is 6.42 Å². The Bertz CT molecular complexity index is 655. The topological polar surface area (TPSA) is 53.5 Å². The van der Waals surface area contributed by atoms with Crippen LogP contribution in [0.15, 0.2) is 36.5 Å². The molecule has 0 atom stereocenters. The molecular weight excluding hydrogens is 302 g/mol. The van der Waals surface area contributed by atoms with E-state index in [1.165, 1.54) is 5.56 Å². The molecular formula is C18H25N5O.